The zero-order valence-electron chi connectivity index (χ0n) is 13.7. The predicted octanol–water partition coefficient (Wildman–Crippen LogP) is 2.88. The van der Waals surface area contributed by atoms with Crippen molar-refractivity contribution in [2.45, 2.75) is 63.3 Å². The number of carbonyl (C=O) groups excluding carboxylic acids is 1. The van der Waals surface area contributed by atoms with Crippen LogP contribution in [0.5, 0.6) is 0 Å². The lowest BCUT2D eigenvalue weighted by Crippen LogP contribution is -2.26. The maximum absolute atomic E-state index is 11.6. The van der Waals surface area contributed by atoms with Crippen molar-refractivity contribution in [1.29, 1.82) is 0 Å². The molecule has 2 heterocycles. The van der Waals surface area contributed by atoms with Crippen molar-refractivity contribution in [3.8, 4) is 0 Å². The molecule has 0 N–H and O–H groups in total. The number of amides is 1. The second-order valence-corrected chi connectivity index (χ2v) is 7.45. The summed E-state index contributed by atoms with van der Waals surface area (Å²) in [6.45, 7) is 4.21. The fourth-order valence-electron chi connectivity index (χ4n) is 3.25. The molecule has 1 amide bonds. The minimum absolute atomic E-state index is 0.174. The van der Waals surface area contributed by atoms with Crippen LogP contribution in [-0.2, 0) is 16.1 Å². The fourth-order valence-corrected chi connectivity index (χ4v) is 3.86. The van der Waals surface area contributed by atoms with Crippen molar-refractivity contribution in [3.05, 3.63) is 5.89 Å². The van der Waals surface area contributed by atoms with Crippen molar-refractivity contribution in [1.82, 2.24) is 15.1 Å². The lowest BCUT2D eigenvalue weighted by Gasteiger charge is -2.28. The van der Waals surface area contributed by atoms with E-state index in [0.717, 1.165) is 18.7 Å². The molecule has 128 valence electrons. The van der Waals surface area contributed by atoms with Crippen LogP contribution < -0.4 is 0 Å². The molecular formula is C16H25N3O3S. The molecule has 2 unspecified atom stereocenters. The minimum atomic E-state index is 0.174. The molecule has 3 rings (SSSR count). The van der Waals surface area contributed by atoms with Crippen molar-refractivity contribution >= 4 is 17.7 Å². The Kier molecular flexibility index (Phi) is 5.94. The van der Waals surface area contributed by atoms with Gasteiger partial charge < -0.3 is 14.1 Å². The maximum Gasteiger partial charge on any atom is 0.276 e. The number of nitrogens with zero attached hydrogens (tertiary/aromatic N) is 3. The number of thioether (sulfide) groups is 1. The first-order valence-corrected chi connectivity index (χ1v) is 9.55. The Balaban J connectivity index is 1.36. The van der Waals surface area contributed by atoms with E-state index in [0.29, 0.717) is 42.7 Å². The van der Waals surface area contributed by atoms with Gasteiger partial charge in [0.1, 0.15) is 0 Å². The quantitative estimate of drug-likeness (QED) is 0.562. The van der Waals surface area contributed by atoms with E-state index in [9.17, 15) is 4.79 Å². The van der Waals surface area contributed by atoms with Crippen molar-refractivity contribution in [2.75, 3.05) is 18.9 Å². The van der Waals surface area contributed by atoms with Crippen LogP contribution in [0.3, 0.4) is 0 Å². The molecule has 2 aliphatic rings. The lowest BCUT2D eigenvalue weighted by molar-refractivity contribution is -0.128. The molecule has 1 aromatic rings. The van der Waals surface area contributed by atoms with Gasteiger partial charge in [-0.25, -0.2) is 0 Å². The van der Waals surface area contributed by atoms with Gasteiger partial charge >= 0.3 is 0 Å². The number of rotatable bonds is 7. The largest absolute Gasteiger partial charge is 0.414 e. The van der Waals surface area contributed by atoms with Gasteiger partial charge in [0.25, 0.3) is 5.22 Å². The summed E-state index contributed by atoms with van der Waals surface area (Å²) in [5.74, 6) is 2.17. The summed E-state index contributed by atoms with van der Waals surface area (Å²) >= 11 is 1.52. The summed E-state index contributed by atoms with van der Waals surface area (Å²) in [5, 5.41) is 8.62. The zero-order valence-corrected chi connectivity index (χ0v) is 14.5. The van der Waals surface area contributed by atoms with Crippen molar-refractivity contribution in [3.63, 3.8) is 0 Å². The highest BCUT2D eigenvalue weighted by atomic mass is 32.2. The minimum Gasteiger partial charge on any atom is -0.414 e. The second-order valence-electron chi connectivity index (χ2n) is 6.40. The second kappa shape index (κ2) is 8.15. The van der Waals surface area contributed by atoms with Gasteiger partial charge in [-0.15, -0.1) is 10.2 Å². The number of hydrogen-bond acceptors (Lipinski definition) is 6. The third-order valence-corrected chi connectivity index (χ3v) is 5.40. The van der Waals surface area contributed by atoms with E-state index in [1.165, 1.54) is 37.4 Å². The molecule has 0 bridgehead atoms. The van der Waals surface area contributed by atoms with Crippen LogP contribution in [0.25, 0.3) is 0 Å². The average Bonchev–Trinajstić information content (AvgIpc) is 3.16. The molecule has 2 atom stereocenters. The number of carbonyl (C=O) groups is 1. The van der Waals surface area contributed by atoms with E-state index < -0.39 is 0 Å². The molecule has 0 spiro atoms. The molecule has 1 saturated heterocycles. The molecule has 1 aliphatic carbocycles. The predicted molar refractivity (Wildman–Crippen MR) is 87.0 cm³/mol. The SMILES string of the molecule is CC1CCCCC1OCCSc1nnc(CN2CCCC2=O)o1. The highest BCUT2D eigenvalue weighted by Gasteiger charge is 2.23. The monoisotopic (exact) mass is 339 g/mol. The Bertz CT molecular complexity index is 522. The third-order valence-electron chi connectivity index (χ3n) is 4.62. The van der Waals surface area contributed by atoms with Crippen molar-refractivity contribution in [2.24, 2.45) is 5.92 Å². The molecule has 1 aliphatic heterocycles. The summed E-state index contributed by atoms with van der Waals surface area (Å²) < 4.78 is 11.6. The van der Waals surface area contributed by atoms with E-state index in [1.807, 2.05) is 0 Å². The Hall–Kier alpha value is -1.08. The van der Waals surface area contributed by atoms with Crippen molar-refractivity contribution < 1.29 is 13.9 Å². The highest BCUT2D eigenvalue weighted by Crippen LogP contribution is 2.26. The van der Waals surface area contributed by atoms with Gasteiger partial charge in [0.2, 0.25) is 11.8 Å². The molecule has 2 fully saturated rings. The maximum atomic E-state index is 11.6. The molecule has 0 aromatic carbocycles. The smallest absolute Gasteiger partial charge is 0.276 e. The first kappa shape index (κ1) is 16.8. The van der Waals surface area contributed by atoms with Crippen LogP contribution in [0.15, 0.2) is 9.64 Å². The van der Waals surface area contributed by atoms with E-state index >= 15 is 0 Å². The van der Waals surface area contributed by atoms with Crippen LogP contribution >= 0.6 is 11.8 Å². The van der Waals surface area contributed by atoms with Gasteiger partial charge in [0.15, 0.2) is 0 Å². The van der Waals surface area contributed by atoms with Gasteiger partial charge in [-0.2, -0.15) is 0 Å². The Labute approximate surface area is 141 Å². The normalized spacial score (nSPS) is 25.3. The number of likely N-dealkylation sites (tertiary alicyclic amines) is 1. The summed E-state index contributed by atoms with van der Waals surface area (Å²) in [5.41, 5.74) is 0. The average molecular weight is 339 g/mol. The molecule has 6 nitrogen and oxygen atoms in total. The number of ether oxygens (including phenoxy) is 1. The van der Waals surface area contributed by atoms with Gasteiger partial charge in [0, 0.05) is 18.7 Å². The summed E-state index contributed by atoms with van der Waals surface area (Å²) in [6.07, 6.45) is 7.03. The molecular weight excluding hydrogens is 314 g/mol. The van der Waals surface area contributed by atoms with Gasteiger partial charge in [-0.05, 0) is 25.2 Å². The number of hydrogen-bond donors (Lipinski definition) is 0. The fraction of sp³-hybridized carbons (Fsp3) is 0.812. The standard InChI is InChI=1S/C16H25N3O3S/c1-12-5-2-3-6-13(12)21-9-10-23-16-18-17-14(22-16)11-19-8-4-7-15(19)20/h12-13H,2-11H2,1H3. The van der Waals surface area contributed by atoms with Gasteiger partial charge in [-0.1, -0.05) is 31.5 Å². The van der Waals surface area contributed by atoms with Crippen LogP contribution in [0, 0.1) is 5.92 Å². The molecule has 1 aromatic heterocycles. The van der Waals surface area contributed by atoms with Crippen LogP contribution in [0.4, 0.5) is 0 Å². The van der Waals surface area contributed by atoms with E-state index in [4.69, 9.17) is 9.15 Å². The van der Waals surface area contributed by atoms with Crippen LogP contribution in [0.2, 0.25) is 0 Å². The topological polar surface area (TPSA) is 68.5 Å². The summed E-state index contributed by atoms with van der Waals surface area (Å²) in [7, 11) is 0. The van der Waals surface area contributed by atoms with Crippen LogP contribution in [-0.4, -0.2) is 46.0 Å². The number of aromatic nitrogens is 2. The van der Waals surface area contributed by atoms with Gasteiger partial charge in [-0.3, -0.25) is 4.79 Å². The molecule has 7 heteroatoms. The summed E-state index contributed by atoms with van der Waals surface area (Å²) in [4.78, 5) is 13.4. The first-order chi connectivity index (χ1) is 11.2. The molecule has 0 radical (unpaired) electrons. The highest BCUT2D eigenvalue weighted by molar-refractivity contribution is 7.99. The Morgan fingerprint density at radius 2 is 2.17 bits per heavy atom. The van der Waals surface area contributed by atoms with E-state index in [1.54, 1.807) is 4.90 Å². The molecule has 1 saturated carbocycles. The van der Waals surface area contributed by atoms with Gasteiger partial charge in [0.05, 0.1) is 19.3 Å². The Morgan fingerprint density at radius 1 is 1.30 bits per heavy atom. The lowest BCUT2D eigenvalue weighted by atomic mass is 9.88. The molecule has 23 heavy (non-hydrogen) atoms. The van der Waals surface area contributed by atoms with Crippen LogP contribution in [0.1, 0.15) is 51.3 Å². The van der Waals surface area contributed by atoms with E-state index in [-0.39, 0.29) is 5.91 Å². The first-order valence-electron chi connectivity index (χ1n) is 8.57. The summed E-state index contributed by atoms with van der Waals surface area (Å²) in [6, 6.07) is 0. The van der Waals surface area contributed by atoms with E-state index in [2.05, 4.69) is 17.1 Å². The Morgan fingerprint density at radius 3 is 2.96 bits per heavy atom. The third kappa shape index (κ3) is 4.70. The zero-order chi connectivity index (χ0) is 16.1.